The van der Waals surface area contributed by atoms with E-state index in [1.54, 1.807) is 0 Å². The quantitative estimate of drug-likeness (QED) is 0.806. The third kappa shape index (κ3) is 5.62. The van der Waals surface area contributed by atoms with Crippen LogP contribution in [0.5, 0.6) is 5.75 Å². The van der Waals surface area contributed by atoms with Gasteiger partial charge in [0, 0.05) is 0 Å². The van der Waals surface area contributed by atoms with E-state index in [0.29, 0.717) is 0 Å². The van der Waals surface area contributed by atoms with Gasteiger partial charge >= 0.3 is 57.7 Å². The molecule has 0 unspecified atom stereocenters. The van der Waals surface area contributed by atoms with Crippen molar-refractivity contribution in [2.45, 2.75) is 11.3 Å². The molecule has 0 fully saturated rings. The van der Waals surface area contributed by atoms with Crippen molar-refractivity contribution in [3.63, 3.8) is 0 Å². The van der Waals surface area contributed by atoms with Gasteiger partial charge in [-0.15, -0.1) is 13.2 Å². The molecule has 0 radical (unpaired) electrons. The summed E-state index contributed by atoms with van der Waals surface area (Å²) >= 11 is 0. The molecule has 0 aliphatic heterocycles. The second-order valence-corrected chi connectivity index (χ2v) is 4.13. The van der Waals surface area contributed by atoms with Crippen LogP contribution in [0.2, 0.25) is 0 Å². The zero-order valence-electron chi connectivity index (χ0n) is 7.15. The van der Waals surface area contributed by atoms with Crippen molar-refractivity contribution in [3.05, 3.63) is 24.3 Å². The molecule has 0 saturated carbocycles. The Kier molecular flexibility index (Phi) is 5.93. The number of nitrogens with two attached hydrogens (primary N) is 1. The fraction of sp³-hybridized carbons (Fsp3) is 0.143. The number of hydrogen-bond acceptors (Lipinski definition) is 3. The first-order valence-electron chi connectivity index (χ1n) is 3.57. The summed E-state index contributed by atoms with van der Waals surface area (Å²) in [7, 11) is -3.90. The number of halogens is 3. The van der Waals surface area contributed by atoms with E-state index in [9.17, 15) is 21.6 Å². The van der Waals surface area contributed by atoms with Crippen LogP contribution in [-0.2, 0) is 10.0 Å². The van der Waals surface area contributed by atoms with Gasteiger partial charge in [0.15, 0.2) is 0 Å². The van der Waals surface area contributed by atoms with E-state index in [-0.39, 0.29) is 56.3 Å². The molecule has 1 aromatic carbocycles. The number of primary sulfonamides is 1. The molecule has 1 rings (SSSR count). The Morgan fingerprint density at radius 3 is 1.88 bits per heavy atom. The molecule has 0 atom stereocenters. The van der Waals surface area contributed by atoms with Crippen LogP contribution in [0.25, 0.3) is 0 Å². The third-order valence-electron chi connectivity index (χ3n) is 1.39. The molecule has 0 aromatic heterocycles. The van der Waals surface area contributed by atoms with Gasteiger partial charge in [-0.1, -0.05) is 0 Å². The molecule has 0 amide bonds. The van der Waals surface area contributed by atoms with Gasteiger partial charge in [-0.25, -0.2) is 13.6 Å². The van der Waals surface area contributed by atoms with Gasteiger partial charge in [0.1, 0.15) is 5.75 Å². The Morgan fingerprint density at radius 1 is 1.12 bits per heavy atom. The molecule has 0 bridgehead atoms. The summed E-state index contributed by atoms with van der Waals surface area (Å²) < 4.78 is 60.2. The topological polar surface area (TPSA) is 69.4 Å². The van der Waals surface area contributed by atoms with E-state index >= 15 is 0 Å². The zero-order valence-corrected chi connectivity index (χ0v) is 7.97. The maximum atomic E-state index is 11.7. The van der Waals surface area contributed by atoms with E-state index in [0.717, 1.165) is 24.3 Å². The minimum absolute atomic E-state index is 0. The second-order valence-electron chi connectivity index (χ2n) is 2.56. The van der Waals surface area contributed by atoms with E-state index < -0.39 is 22.1 Å². The average Bonchev–Trinajstić information content (AvgIpc) is 2.00. The van der Waals surface area contributed by atoms with E-state index in [1.165, 1.54) is 0 Å². The molecular formula is C7H7F3KNO3S. The first-order valence-corrected chi connectivity index (χ1v) is 5.12. The van der Waals surface area contributed by atoms with Crippen molar-refractivity contribution in [2.75, 3.05) is 0 Å². The number of ether oxygens (including phenoxy) is 1. The average molecular weight is 281 g/mol. The summed E-state index contributed by atoms with van der Waals surface area (Å²) in [5.74, 6) is -0.505. The van der Waals surface area contributed by atoms with Gasteiger partial charge in [-0.2, -0.15) is 0 Å². The minimum atomic E-state index is -4.80. The first kappa shape index (κ1) is 16.4. The summed E-state index contributed by atoms with van der Waals surface area (Å²) in [5, 5.41) is 4.74. The van der Waals surface area contributed by atoms with Gasteiger partial charge in [0.25, 0.3) is 0 Å². The molecule has 2 N–H and O–H groups in total. The van der Waals surface area contributed by atoms with Gasteiger partial charge < -0.3 is 4.74 Å². The summed E-state index contributed by atoms with van der Waals surface area (Å²) in [6.45, 7) is 0. The van der Waals surface area contributed by atoms with Crippen LogP contribution >= 0.6 is 0 Å². The molecule has 4 nitrogen and oxygen atoms in total. The number of hydrogen-bond donors (Lipinski definition) is 1. The molecule has 9 heteroatoms. The Balaban J connectivity index is 0.00000225. The molecule has 0 spiro atoms. The van der Waals surface area contributed by atoms with E-state index in [1.807, 2.05) is 0 Å². The number of sulfonamides is 1. The summed E-state index contributed by atoms with van der Waals surface area (Å²) in [4.78, 5) is -0.281. The molecule has 86 valence electrons. The first-order chi connectivity index (χ1) is 6.68. The van der Waals surface area contributed by atoms with Gasteiger partial charge in [0.2, 0.25) is 10.0 Å². The number of benzene rings is 1. The molecule has 16 heavy (non-hydrogen) atoms. The normalized spacial score (nSPS) is 11.8. The standard InChI is InChI=1S/C7H6F3NO3S.K.H/c8-7(9,10)14-5-1-3-6(4-2-5)15(11,12)13;;/h1-4H,(H2,11,12,13);;. The molecule has 0 aliphatic rings. The fourth-order valence-electron chi connectivity index (χ4n) is 0.831. The van der Waals surface area contributed by atoms with Crippen molar-refractivity contribution < 1.29 is 26.3 Å². The van der Waals surface area contributed by atoms with Crippen molar-refractivity contribution in [2.24, 2.45) is 5.14 Å². The van der Waals surface area contributed by atoms with Gasteiger partial charge in [0.05, 0.1) is 4.90 Å². The van der Waals surface area contributed by atoms with Crippen molar-refractivity contribution in [1.82, 2.24) is 0 Å². The van der Waals surface area contributed by atoms with Crippen LogP contribution in [0.4, 0.5) is 13.2 Å². The van der Waals surface area contributed by atoms with Crippen LogP contribution in [0.3, 0.4) is 0 Å². The van der Waals surface area contributed by atoms with Crippen molar-refractivity contribution in [1.29, 1.82) is 0 Å². The Morgan fingerprint density at radius 2 is 1.56 bits per heavy atom. The second kappa shape index (κ2) is 5.80. The third-order valence-corrected chi connectivity index (χ3v) is 2.32. The molecular weight excluding hydrogens is 274 g/mol. The predicted molar refractivity (Wildman–Crippen MR) is 51.6 cm³/mol. The zero-order chi connectivity index (χ0) is 11.7. The predicted octanol–water partition coefficient (Wildman–Crippen LogP) is 0.584. The Labute approximate surface area is 132 Å². The maximum absolute atomic E-state index is 11.7. The molecule has 0 aliphatic carbocycles. The summed E-state index contributed by atoms with van der Waals surface area (Å²) in [6, 6.07) is 3.59. The molecule has 1 aromatic rings. The van der Waals surface area contributed by atoms with Crippen LogP contribution in [0, 0.1) is 0 Å². The Hall–Kier alpha value is 0.356. The SMILES string of the molecule is NS(=O)(=O)c1ccc(OC(F)(F)F)cc1.[KH]. The van der Waals surface area contributed by atoms with E-state index in [2.05, 4.69) is 4.74 Å². The Bertz CT molecular complexity index is 443. The van der Waals surface area contributed by atoms with Crippen LogP contribution < -0.4 is 9.88 Å². The monoisotopic (exact) mass is 281 g/mol. The fourth-order valence-corrected chi connectivity index (χ4v) is 1.35. The number of alkyl halides is 3. The summed E-state index contributed by atoms with van der Waals surface area (Å²) in [6.07, 6.45) is -4.80. The van der Waals surface area contributed by atoms with Crippen LogP contribution in [0.15, 0.2) is 29.2 Å². The molecule has 0 saturated heterocycles. The van der Waals surface area contributed by atoms with Crippen LogP contribution in [0.1, 0.15) is 0 Å². The van der Waals surface area contributed by atoms with Gasteiger partial charge in [-0.05, 0) is 24.3 Å². The van der Waals surface area contributed by atoms with Crippen molar-refractivity contribution >= 4 is 61.4 Å². The van der Waals surface area contributed by atoms with Crippen molar-refractivity contribution in [3.8, 4) is 5.75 Å². The van der Waals surface area contributed by atoms with Crippen LogP contribution in [-0.4, -0.2) is 66.2 Å². The van der Waals surface area contributed by atoms with E-state index in [4.69, 9.17) is 5.14 Å². The summed E-state index contributed by atoms with van der Waals surface area (Å²) in [5.41, 5.74) is 0. The molecule has 0 heterocycles. The van der Waals surface area contributed by atoms with Gasteiger partial charge in [-0.3, -0.25) is 0 Å². The number of rotatable bonds is 2.